The molecule has 24 heavy (non-hydrogen) atoms. The summed E-state index contributed by atoms with van der Waals surface area (Å²) >= 11 is 0. The van der Waals surface area contributed by atoms with Gasteiger partial charge in [-0.05, 0) is 26.9 Å². The van der Waals surface area contributed by atoms with E-state index in [-0.39, 0.29) is 19.5 Å². The predicted molar refractivity (Wildman–Crippen MR) is 78.2 cm³/mol. The largest absolute Gasteiger partial charge is 0.418 e. The van der Waals surface area contributed by atoms with Gasteiger partial charge in [0, 0.05) is 6.54 Å². The first kappa shape index (κ1) is 18.4. The van der Waals surface area contributed by atoms with Crippen molar-refractivity contribution in [3.63, 3.8) is 0 Å². The number of urea groups is 1. The van der Waals surface area contributed by atoms with E-state index in [4.69, 9.17) is 4.55 Å². The van der Waals surface area contributed by atoms with Gasteiger partial charge in [-0.15, -0.1) is 4.28 Å². The van der Waals surface area contributed by atoms with Gasteiger partial charge in [-0.25, -0.2) is 4.79 Å². The van der Waals surface area contributed by atoms with Crippen molar-refractivity contribution in [2.75, 3.05) is 27.2 Å². The highest BCUT2D eigenvalue weighted by molar-refractivity contribution is 7.80. The summed E-state index contributed by atoms with van der Waals surface area (Å²) in [4.78, 5) is 38.5. The lowest BCUT2D eigenvalue weighted by atomic mass is 10.0. The molecule has 2 fully saturated rings. The van der Waals surface area contributed by atoms with Crippen molar-refractivity contribution >= 4 is 28.2 Å². The molecular formula is C11H19N5O7S. The van der Waals surface area contributed by atoms with E-state index in [2.05, 4.69) is 15.1 Å². The highest BCUT2D eigenvalue weighted by Gasteiger charge is 2.49. The number of hydrazine groups is 1. The van der Waals surface area contributed by atoms with Crippen LogP contribution < -0.4 is 10.9 Å². The summed E-state index contributed by atoms with van der Waals surface area (Å²) < 4.78 is 34.6. The number of fused-ring (bicyclic) bond motifs is 2. The van der Waals surface area contributed by atoms with Gasteiger partial charge in [0.2, 0.25) is 0 Å². The first-order chi connectivity index (χ1) is 11.1. The Bertz CT molecular complexity index is 637. The van der Waals surface area contributed by atoms with Crippen LogP contribution in [0.25, 0.3) is 0 Å². The lowest BCUT2D eigenvalue weighted by Gasteiger charge is -2.29. The summed E-state index contributed by atoms with van der Waals surface area (Å²) in [5, 5.41) is 0.549. The second-order valence-corrected chi connectivity index (χ2v) is 6.79. The van der Waals surface area contributed by atoms with Crippen LogP contribution in [0.2, 0.25) is 0 Å². The van der Waals surface area contributed by atoms with Crippen LogP contribution in [-0.4, -0.2) is 84.9 Å². The van der Waals surface area contributed by atoms with Crippen LogP contribution >= 0.6 is 0 Å². The number of hydrogen-bond acceptors (Lipinski definition) is 7. The number of piperidine rings is 1. The third kappa shape index (κ3) is 4.31. The van der Waals surface area contributed by atoms with Crippen molar-refractivity contribution < 1.29 is 31.6 Å². The number of hydrogen-bond donors (Lipinski definition) is 3. The molecule has 3 N–H and O–H groups in total. The molecule has 2 aliphatic rings. The van der Waals surface area contributed by atoms with Gasteiger partial charge in [0.1, 0.15) is 6.04 Å². The molecule has 4 amide bonds. The Labute approximate surface area is 138 Å². The molecule has 2 bridgehead atoms. The number of carbonyl (C=O) groups is 3. The van der Waals surface area contributed by atoms with Gasteiger partial charge in [0.25, 0.3) is 11.8 Å². The SMILES string of the molecule is CN(C)CC(=O)NNC(=O)[C@@H]1CCC2CN1C(=O)N2OS(=O)(=O)O. The highest BCUT2D eigenvalue weighted by Crippen LogP contribution is 2.30. The summed E-state index contributed by atoms with van der Waals surface area (Å²) in [6, 6.07) is -2.29. The van der Waals surface area contributed by atoms with Crippen LogP contribution in [-0.2, 0) is 24.3 Å². The Hall–Kier alpha value is -1.96. The van der Waals surface area contributed by atoms with Crippen LogP contribution in [0.5, 0.6) is 0 Å². The Morgan fingerprint density at radius 2 is 2.00 bits per heavy atom. The lowest BCUT2D eigenvalue weighted by Crippen LogP contribution is -2.55. The molecule has 0 aromatic rings. The van der Waals surface area contributed by atoms with Gasteiger partial charge in [-0.1, -0.05) is 0 Å². The zero-order valence-corrected chi connectivity index (χ0v) is 13.9. The molecule has 2 atom stereocenters. The minimum absolute atomic E-state index is 0.0750. The molecular weight excluding hydrogens is 346 g/mol. The molecule has 0 radical (unpaired) electrons. The van der Waals surface area contributed by atoms with Gasteiger partial charge < -0.3 is 9.80 Å². The maximum atomic E-state index is 12.2. The number of rotatable bonds is 5. The average molecular weight is 365 g/mol. The van der Waals surface area contributed by atoms with Crippen LogP contribution in [0.3, 0.4) is 0 Å². The standard InChI is InChI=1S/C11H19N5O7S/c1-14(2)6-9(17)12-13-10(18)8-4-3-7-5-15(8)11(19)16(7)23-24(20,21)22/h7-8H,3-6H2,1-2H3,(H,12,17)(H,13,18)(H,20,21,22)/t7?,8-/m0/s1. The fraction of sp³-hybridized carbons (Fsp3) is 0.727. The van der Waals surface area contributed by atoms with E-state index in [1.807, 2.05) is 0 Å². The van der Waals surface area contributed by atoms with Crippen molar-refractivity contribution in [2.24, 2.45) is 0 Å². The third-order valence-electron chi connectivity index (χ3n) is 3.58. The van der Waals surface area contributed by atoms with E-state index in [1.165, 1.54) is 0 Å². The first-order valence-corrected chi connectivity index (χ1v) is 8.45. The predicted octanol–water partition coefficient (Wildman–Crippen LogP) is -2.30. The van der Waals surface area contributed by atoms with Crippen molar-refractivity contribution in [3.8, 4) is 0 Å². The number of nitrogens with one attached hydrogen (secondary N) is 2. The number of likely N-dealkylation sites (N-methyl/N-ethyl adjacent to an activating group) is 1. The number of carbonyl (C=O) groups excluding carboxylic acids is 3. The Morgan fingerprint density at radius 3 is 2.58 bits per heavy atom. The van der Waals surface area contributed by atoms with Crippen LogP contribution in [0, 0.1) is 0 Å². The molecule has 2 heterocycles. The molecule has 0 saturated carbocycles. The number of hydroxylamine groups is 2. The summed E-state index contributed by atoms with van der Waals surface area (Å²) in [6.07, 6.45) is 0.568. The van der Waals surface area contributed by atoms with Crippen LogP contribution in [0.15, 0.2) is 0 Å². The molecule has 0 aromatic carbocycles. The van der Waals surface area contributed by atoms with E-state index >= 15 is 0 Å². The van der Waals surface area contributed by atoms with Crippen molar-refractivity contribution in [1.29, 1.82) is 0 Å². The van der Waals surface area contributed by atoms with Gasteiger partial charge >= 0.3 is 16.4 Å². The minimum Gasteiger partial charge on any atom is -0.309 e. The smallest absolute Gasteiger partial charge is 0.309 e. The Morgan fingerprint density at radius 1 is 1.33 bits per heavy atom. The summed E-state index contributed by atoms with van der Waals surface area (Å²) in [7, 11) is -1.45. The fourth-order valence-electron chi connectivity index (χ4n) is 2.65. The maximum Gasteiger partial charge on any atom is 0.418 e. The van der Waals surface area contributed by atoms with Gasteiger partial charge in [0.05, 0.1) is 12.6 Å². The monoisotopic (exact) mass is 365 g/mol. The van der Waals surface area contributed by atoms with Gasteiger partial charge in [-0.2, -0.15) is 13.5 Å². The molecule has 2 rings (SSSR count). The Kier molecular flexibility index (Phi) is 5.27. The summed E-state index contributed by atoms with van der Waals surface area (Å²) in [6.45, 7) is 0.156. The second kappa shape index (κ2) is 6.88. The molecule has 2 saturated heterocycles. The highest BCUT2D eigenvalue weighted by atomic mass is 32.3. The fourth-order valence-corrected chi connectivity index (χ4v) is 3.03. The van der Waals surface area contributed by atoms with E-state index < -0.39 is 40.3 Å². The molecule has 1 unspecified atom stereocenters. The Balaban J connectivity index is 1.96. The lowest BCUT2D eigenvalue weighted by molar-refractivity contribution is -0.132. The normalized spacial score (nSPS) is 23.6. The van der Waals surface area contributed by atoms with Crippen molar-refractivity contribution in [2.45, 2.75) is 24.9 Å². The van der Waals surface area contributed by atoms with E-state index in [1.54, 1.807) is 19.0 Å². The van der Waals surface area contributed by atoms with Crippen LogP contribution in [0.4, 0.5) is 4.79 Å². The molecule has 13 heteroatoms. The van der Waals surface area contributed by atoms with Crippen molar-refractivity contribution in [3.05, 3.63) is 0 Å². The maximum absolute atomic E-state index is 12.2. The van der Waals surface area contributed by atoms with E-state index in [9.17, 15) is 22.8 Å². The van der Waals surface area contributed by atoms with Gasteiger partial charge in [0.15, 0.2) is 0 Å². The molecule has 2 aliphatic heterocycles. The molecule has 136 valence electrons. The van der Waals surface area contributed by atoms with E-state index in [0.717, 1.165) is 4.90 Å². The first-order valence-electron chi connectivity index (χ1n) is 7.08. The van der Waals surface area contributed by atoms with Crippen molar-refractivity contribution in [1.82, 2.24) is 25.7 Å². The average Bonchev–Trinajstić information content (AvgIpc) is 2.68. The molecule has 0 aliphatic carbocycles. The molecule has 12 nitrogen and oxygen atoms in total. The second-order valence-electron chi connectivity index (χ2n) is 5.79. The van der Waals surface area contributed by atoms with Crippen LogP contribution in [0.1, 0.15) is 12.8 Å². The summed E-state index contributed by atoms with van der Waals surface area (Å²) in [5.41, 5.74) is 4.47. The number of amides is 4. The third-order valence-corrected chi connectivity index (χ3v) is 3.93. The summed E-state index contributed by atoms with van der Waals surface area (Å²) in [5.74, 6) is -1.02. The molecule has 0 spiro atoms. The zero-order valence-electron chi connectivity index (χ0n) is 13.1. The molecule has 0 aromatic heterocycles. The van der Waals surface area contributed by atoms with Gasteiger partial charge in [-0.3, -0.25) is 25.0 Å². The van der Waals surface area contributed by atoms with E-state index in [0.29, 0.717) is 11.5 Å². The zero-order chi connectivity index (χ0) is 18.1. The quantitative estimate of drug-likeness (QED) is 0.364. The minimum atomic E-state index is -4.83. The number of nitrogens with zero attached hydrogens (tertiary/aromatic N) is 3. The topological polar surface area (TPSA) is 149 Å².